The maximum atomic E-state index is 13.0. The number of amides is 1. The molecule has 1 aliphatic rings. The van der Waals surface area contributed by atoms with Crippen molar-refractivity contribution in [2.24, 2.45) is 4.99 Å². The molecular formula is C21H21FN2OS. The van der Waals surface area contributed by atoms with Crippen LogP contribution in [0.25, 0.3) is 6.08 Å². The summed E-state index contributed by atoms with van der Waals surface area (Å²) in [5, 5.41) is 0.733. The Morgan fingerprint density at radius 2 is 2.08 bits per heavy atom. The highest BCUT2D eigenvalue weighted by molar-refractivity contribution is 8.14. The predicted octanol–water partition coefficient (Wildman–Crippen LogP) is 5.19. The monoisotopic (exact) mass is 368 g/mol. The fourth-order valence-electron chi connectivity index (χ4n) is 2.76. The van der Waals surface area contributed by atoms with Gasteiger partial charge in [0.05, 0.1) is 5.69 Å². The maximum absolute atomic E-state index is 13.0. The third-order valence-electron chi connectivity index (χ3n) is 4.20. The van der Waals surface area contributed by atoms with Gasteiger partial charge in [-0.15, -0.1) is 0 Å². The van der Waals surface area contributed by atoms with Crippen LogP contribution in [0.4, 0.5) is 10.1 Å². The summed E-state index contributed by atoms with van der Waals surface area (Å²) in [6, 6.07) is 14.1. The van der Waals surface area contributed by atoms with Crippen molar-refractivity contribution in [3.8, 4) is 0 Å². The largest absolute Gasteiger partial charge is 0.284 e. The Balaban J connectivity index is 1.83. The van der Waals surface area contributed by atoms with Crippen LogP contribution in [0.1, 0.15) is 24.5 Å². The quantitative estimate of drug-likeness (QED) is 0.696. The Morgan fingerprint density at radius 1 is 1.31 bits per heavy atom. The molecule has 3 rings (SSSR count). The smallest absolute Gasteiger partial charge is 0.252 e. The van der Waals surface area contributed by atoms with Gasteiger partial charge in [-0.25, -0.2) is 9.38 Å². The molecule has 3 nitrogen and oxygen atoms in total. The number of amidine groups is 1. The topological polar surface area (TPSA) is 32.7 Å². The summed E-state index contributed by atoms with van der Waals surface area (Å²) in [5.74, 6) is 0.456. The van der Waals surface area contributed by atoms with Crippen LogP contribution in [0, 0.1) is 12.7 Å². The van der Waals surface area contributed by atoms with Gasteiger partial charge in [0, 0.05) is 17.9 Å². The molecule has 1 amide bonds. The lowest BCUT2D eigenvalue weighted by atomic mass is 10.2. The van der Waals surface area contributed by atoms with Crippen LogP contribution >= 0.6 is 11.8 Å². The summed E-state index contributed by atoms with van der Waals surface area (Å²) in [4.78, 5) is 19.3. The number of halogens is 1. The van der Waals surface area contributed by atoms with Crippen LogP contribution < -0.4 is 0 Å². The molecule has 5 heteroatoms. The second-order valence-corrected chi connectivity index (χ2v) is 7.19. The van der Waals surface area contributed by atoms with E-state index in [1.807, 2.05) is 31.2 Å². The molecule has 0 aliphatic carbocycles. The second kappa shape index (κ2) is 8.32. The van der Waals surface area contributed by atoms with Crippen molar-refractivity contribution in [2.75, 3.05) is 5.75 Å². The number of carbonyl (C=O) groups is 1. The number of benzene rings is 2. The molecule has 2 aromatic rings. The third kappa shape index (κ3) is 4.41. The molecule has 26 heavy (non-hydrogen) atoms. The van der Waals surface area contributed by atoms with E-state index in [4.69, 9.17) is 0 Å². The number of carbonyl (C=O) groups excluding carboxylic acids is 1. The lowest BCUT2D eigenvalue weighted by Crippen LogP contribution is -2.37. The van der Waals surface area contributed by atoms with Crippen LogP contribution in [0.15, 0.2) is 59.6 Å². The summed E-state index contributed by atoms with van der Waals surface area (Å²) in [7, 11) is 0. The van der Waals surface area contributed by atoms with E-state index >= 15 is 0 Å². The van der Waals surface area contributed by atoms with E-state index in [0.717, 1.165) is 34.2 Å². The molecule has 0 radical (unpaired) electrons. The molecule has 0 N–H and O–H groups in total. The molecule has 1 aliphatic heterocycles. The highest BCUT2D eigenvalue weighted by Crippen LogP contribution is 2.29. The van der Waals surface area contributed by atoms with Gasteiger partial charge in [-0.3, -0.25) is 9.69 Å². The molecule has 1 atom stereocenters. The molecule has 0 bridgehead atoms. The zero-order chi connectivity index (χ0) is 18.5. The number of hydrogen-bond donors (Lipinski definition) is 0. The van der Waals surface area contributed by atoms with Crippen molar-refractivity contribution in [2.45, 2.75) is 26.3 Å². The number of aryl methyl sites for hydroxylation is 1. The number of thioether (sulfide) groups is 1. The van der Waals surface area contributed by atoms with Gasteiger partial charge in [0.15, 0.2) is 5.17 Å². The van der Waals surface area contributed by atoms with Crippen molar-refractivity contribution in [1.82, 2.24) is 4.90 Å². The Labute approximate surface area is 157 Å². The molecule has 134 valence electrons. The molecule has 1 heterocycles. The summed E-state index contributed by atoms with van der Waals surface area (Å²) < 4.78 is 13.0. The highest BCUT2D eigenvalue weighted by atomic mass is 32.2. The number of nitrogens with zero attached hydrogens (tertiary/aromatic N) is 2. The number of rotatable bonds is 4. The minimum absolute atomic E-state index is 0.0995. The Bertz CT molecular complexity index is 845. The molecule has 1 fully saturated rings. The fraction of sp³-hybridized carbons (Fsp3) is 0.238. The normalized spacial score (nSPS) is 18.8. The Morgan fingerprint density at radius 3 is 2.77 bits per heavy atom. The van der Waals surface area contributed by atoms with E-state index in [9.17, 15) is 9.18 Å². The molecule has 0 unspecified atom stereocenters. The SMILES string of the molecule is CC[C@H]1CSC(=Nc2cccc(C)c2)N1C(=O)/C=C/c1ccc(F)cc1. The van der Waals surface area contributed by atoms with Gasteiger partial charge in [0.1, 0.15) is 5.82 Å². The van der Waals surface area contributed by atoms with E-state index < -0.39 is 0 Å². The van der Waals surface area contributed by atoms with E-state index in [2.05, 4.69) is 11.9 Å². The van der Waals surface area contributed by atoms with Crippen molar-refractivity contribution in [3.05, 3.63) is 71.6 Å². The number of aliphatic imine (C=N–C) groups is 1. The maximum Gasteiger partial charge on any atom is 0.252 e. The Kier molecular flexibility index (Phi) is 5.89. The van der Waals surface area contributed by atoms with Gasteiger partial charge in [-0.05, 0) is 54.8 Å². The van der Waals surface area contributed by atoms with Gasteiger partial charge >= 0.3 is 0 Å². The third-order valence-corrected chi connectivity index (χ3v) is 5.30. The molecule has 0 spiro atoms. The van der Waals surface area contributed by atoms with E-state index in [1.54, 1.807) is 34.9 Å². The van der Waals surface area contributed by atoms with E-state index in [-0.39, 0.29) is 17.8 Å². The predicted molar refractivity (Wildman–Crippen MR) is 107 cm³/mol. The van der Waals surface area contributed by atoms with Gasteiger partial charge in [-0.1, -0.05) is 43.0 Å². The molecule has 2 aromatic carbocycles. The van der Waals surface area contributed by atoms with Gasteiger partial charge in [0.2, 0.25) is 0 Å². The fourth-order valence-corrected chi connectivity index (χ4v) is 4.04. The highest BCUT2D eigenvalue weighted by Gasteiger charge is 2.32. The lowest BCUT2D eigenvalue weighted by Gasteiger charge is -2.21. The van der Waals surface area contributed by atoms with Crippen molar-refractivity contribution >= 4 is 34.6 Å². The van der Waals surface area contributed by atoms with Gasteiger partial charge in [0.25, 0.3) is 5.91 Å². The van der Waals surface area contributed by atoms with Crippen LogP contribution in [0.5, 0.6) is 0 Å². The van der Waals surface area contributed by atoms with Gasteiger partial charge in [-0.2, -0.15) is 0 Å². The summed E-state index contributed by atoms with van der Waals surface area (Å²) in [5.41, 5.74) is 2.78. The van der Waals surface area contributed by atoms with E-state index in [1.165, 1.54) is 18.2 Å². The zero-order valence-corrected chi connectivity index (χ0v) is 15.7. The van der Waals surface area contributed by atoms with Gasteiger partial charge < -0.3 is 0 Å². The average molecular weight is 368 g/mol. The van der Waals surface area contributed by atoms with Crippen molar-refractivity contribution in [3.63, 3.8) is 0 Å². The lowest BCUT2D eigenvalue weighted by molar-refractivity contribution is -0.123. The minimum Gasteiger partial charge on any atom is -0.284 e. The average Bonchev–Trinajstić information content (AvgIpc) is 3.03. The first-order valence-corrected chi connectivity index (χ1v) is 9.60. The second-order valence-electron chi connectivity index (χ2n) is 6.20. The molecular weight excluding hydrogens is 347 g/mol. The van der Waals surface area contributed by atoms with Crippen LogP contribution in [-0.2, 0) is 4.79 Å². The molecule has 0 saturated carbocycles. The Hall–Kier alpha value is -2.40. The standard InChI is InChI=1S/C21H21FN2OS/c1-3-19-14-26-21(23-18-6-4-5-15(2)13-18)24(19)20(25)12-9-16-7-10-17(22)11-8-16/h4-13,19H,3,14H2,1-2H3/b12-9+,23-21?/t19-/m0/s1. The number of hydrogen-bond acceptors (Lipinski definition) is 3. The minimum atomic E-state index is -0.289. The summed E-state index contributed by atoms with van der Waals surface area (Å²) >= 11 is 1.61. The molecule has 0 aromatic heterocycles. The molecule has 1 saturated heterocycles. The first-order valence-electron chi connectivity index (χ1n) is 8.62. The van der Waals surface area contributed by atoms with Crippen LogP contribution in [0.3, 0.4) is 0 Å². The van der Waals surface area contributed by atoms with Crippen molar-refractivity contribution in [1.29, 1.82) is 0 Å². The van der Waals surface area contributed by atoms with Crippen LogP contribution in [-0.4, -0.2) is 27.8 Å². The summed E-state index contributed by atoms with van der Waals surface area (Å²) in [6.45, 7) is 4.10. The first kappa shape index (κ1) is 18.4. The van der Waals surface area contributed by atoms with Crippen molar-refractivity contribution < 1.29 is 9.18 Å². The van der Waals surface area contributed by atoms with Crippen LogP contribution in [0.2, 0.25) is 0 Å². The summed E-state index contributed by atoms with van der Waals surface area (Å²) in [6.07, 6.45) is 4.12. The van der Waals surface area contributed by atoms with E-state index in [0.29, 0.717) is 0 Å². The first-order chi connectivity index (χ1) is 12.6. The zero-order valence-electron chi connectivity index (χ0n) is 14.9.